The fourth-order valence-corrected chi connectivity index (χ4v) is 2.38. The number of anilines is 1. The molecule has 4 heteroatoms. The lowest BCUT2D eigenvalue weighted by atomic mass is 10.2. The summed E-state index contributed by atoms with van der Waals surface area (Å²) in [5, 5.41) is 2.49. The van der Waals surface area contributed by atoms with Gasteiger partial charge in [-0.05, 0) is 23.6 Å². The van der Waals surface area contributed by atoms with E-state index in [0.29, 0.717) is 10.8 Å². The molecule has 2 rings (SSSR count). The summed E-state index contributed by atoms with van der Waals surface area (Å²) >= 11 is 7.48. The van der Waals surface area contributed by atoms with Crippen LogP contribution in [0.25, 0.3) is 10.1 Å². The van der Waals surface area contributed by atoms with Crippen molar-refractivity contribution in [3.8, 4) is 5.75 Å². The lowest BCUT2D eigenvalue weighted by molar-refractivity contribution is 0.415. The van der Waals surface area contributed by atoms with E-state index in [1.165, 1.54) is 11.3 Å². The van der Waals surface area contributed by atoms with Crippen molar-refractivity contribution in [2.75, 3.05) is 12.8 Å². The smallest absolute Gasteiger partial charge is 0.138 e. The van der Waals surface area contributed by atoms with Gasteiger partial charge in [0.05, 0.1) is 17.1 Å². The van der Waals surface area contributed by atoms with Gasteiger partial charge in [0.15, 0.2) is 0 Å². The highest BCUT2D eigenvalue weighted by Crippen LogP contribution is 2.35. The van der Waals surface area contributed by atoms with E-state index >= 15 is 0 Å². The molecule has 0 bridgehead atoms. The molecule has 1 aromatic carbocycles. The molecule has 2 aromatic rings. The number of hydrogen-bond donors (Lipinski definition) is 1. The summed E-state index contributed by atoms with van der Waals surface area (Å²) in [7, 11) is 1.60. The standard InChI is InChI=1S/C9H8ClNOS/c1-12-7-2-5-3-9(11)13-8(5)4-6(7)10/h2-4H,11H2,1H3. The molecule has 1 heterocycles. The Morgan fingerprint density at radius 1 is 1.38 bits per heavy atom. The molecule has 0 atom stereocenters. The van der Waals surface area contributed by atoms with Gasteiger partial charge in [-0.25, -0.2) is 0 Å². The molecule has 68 valence electrons. The summed E-state index contributed by atoms with van der Waals surface area (Å²) in [6.45, 7) is 0. The Morgan fingerprint density at radius 2 is 2.15 bits per heavy atom. The number of ether oxygens (including phenoxy) is 1. The first-order chi connectivity index (χ1) is 6.20. The number of nitrogens with two attached hydrogens (primary N) is 1. The third-order valence-corrected chi connectivity index (χ3v) is 3.03. The van der Waals surface area contributed by atoms with Crippen molar-refractivity contribution in [2.24, 2.45) is 0 Å². The van der Waals surface area contributed by atoms with Crippen LogP contribution in [0.4, 0.5) is 5.00 Å². The van der Waals surface area contributed by atoms with Crippen LogP contribution in [-0.2, 0) is 0 Å². The van der Waals surface area contributed by atoms with Crippen LogP contribution in [0, 0.1) is 0 Å². The highest BCUT2D eigenvalue weighted by atomic mass is 35.5. The molecule has 0 amide bonds. The molecule has 0 aliphatic carbocycles. The fraction of sp³-hybridized carbons (Fsp3) is 0.111. The minimum Gasteiger partial charge on any atom is -0.495 e. The second-order valence-corrected chi connectivity index (χ2v) is 4.20. The van der Waals surface area contributed by atoms with Crippen LogP contribution in [-0.4, -0.2) is 7.11 Å². The van der Waals surface area contributed by atoms with Crippen LogP contribution >= 0.6 is 22.9 Å². The first-order valence-electron chi connectivity index (χ1n) is 3.73. The van der Waals surface area contributed by atoms with E-state index in [2.05, 4.69) is 0 Å². The zero-order chi connectivity index (χ0) is 9.42. The average Bonchev–Trinajstić information content (AvgIpc) is 2.42. The minimum atomic E-state index is 0.622. The molecule has 0 saturated heterocycles. The molecule has 0 fully saturated rings. The third kappa shape index (κ3) is 1.45. The van der Waals surface area contributed by atoms with Gasteiger partial charge in [0.25, 0.3) is 0 Å². The SMILES string of the molecule is COc1cc2cc(N)sc2cc1Cl. The highest BCUT2D eigenvalue weighted by Gasteiger charge is 2.05. The number of benzene rings is 1. The first kappa shape index (κ1) is 8.66. The predicted octanol–water partition coefficient (Wildman–Crippen LogP) is 3.15. The first-order valence-corrected chi connectivity index (χ1v) is 4.92. The Balaban J connectivity index is 2.72. The summed E-state index contributed by atoms with van der Waals surface area (Å²) in [5.41, 5.74) is 5.67. The van der Waals surface area contributed by atoms with Crippen molar-refractivity contribution in [2.45, 2.75) is 0 Å². The van der Waals surface area contributed by atoms with E-state index in [0.717, 1.165) is 15.1 Å². The second-order valence-electron chi connectivity index (χ2n) is 2.67. The second kappa shape index (κ2) is 3.09. The van der Waals surface area contributed by atoms with E-state index in [1.807, 2.05) is 18.2 Å². The van der Waals surface area contributed by atoms with Gasteiger partial charge in [0.2, 0.25) is 0 Å². The van der Waals surface area contributed by atoms with E-state index in [9.17, 15) is 0 Å². The fourth-order valence-electron chi connectivity index (χ4n) is 1.22. The molecule has 2 nitrogen and oxygen atoms in total. The normalized spacial score (nSPS) is 10.6. The van der Waals surface area contributed by atoms with Crippen LogP contribution in [0.3, 0.4) is 0 Å². The van der Waals surface area contributed by atoms with Gasteiger partial charge in [-0.15, -0.1) is 11.3 Å². The summed E-state index contributed by atoms with van der Waals surface area (Å²) in [6, 6.07) is 5.68. The van der Waals surface area contributed by atoms with Crippen LogP contribution in [0.2, 0.25) is 5.02 Å². The van der Waals surface area contributed by atoms with Crippen molar-refractivity contribution in [3.63, 3.8) is 0 Å². The van der Waals surface area contributed by atoms with Gasteiger partial charge in [-0.2, -0.15) is 0 Å². The zero-order valence-electron chi connectivity index (χ0n) is 7.00. The summed E-state index contributed by atoms with van der Waals surface area (Å²) in [4.78, 5) is 0. The number of rotatable bonds is 1. The molecular formula is C9H8ClNOS. The average molecular weight is 214 g/mol. The summed E-state index contributed by atoms with van der Waals surface area (Å²) < 4.78 is 6.18. The minimum absolute atomic E-state index is 0.622. The van der Waals surface area contributed by atoms with E-state index in [1.54, 1.807) is 7.11 Å². The number of nitrogen functional groups attached to an aromatic ring is 1. The van der Waals surface area contributed by atoms with Crippen molar-refractivity contribution in [1.29, 1.82) is 0 Å². The molecule has 1 aromatic heterocycles. The monoisotopic (exact) mass is 213 g/mol. The summed E-state index contributed by atoms with van der Waals surface area (Å²) in [6.07, 6.45) is 0. The Bertz CT molecular complexity index is 452. The van der Waals surface area contributed by atoms with E-state index in [4.69, 9.17) is 22.1 Å². The van der Waals surface area contributed by atoms with Crippen molar-refractivity contribution in [1.82, 2.24) is 0 Å². The molecule has 0 saturated carbocycles. The Morgan fingerprint density at radius 3 is 2.85 bits per heavy atom. The zero-order valence-corrected chi connectivity index (χ0v) is 8.58. The number of halogens is 1. The maximum absolute atomic E-state index is 5.95. The van der Waals surface area contributed by atoms with Gasteiger partial charge >= 0.3 is 0 Å². The number of hydrogen-bond acceptors (Lipinski definition) is 3. The molecule has 0 aliphatic heterocycles. The van der Waals surface area contributed by atoms with E-state index in [-0.39, 0.29) is 0 Å². The molecule has 0 aliphatic rings. The van der Waals surface area contributed by atoms with Gasteiger partial charge in [-0.1, -0.05) is 11.6 Å². The largest absolute Gasteiger partial charge is 0.495 e. The predicted molar refractivity (Wildman–Crippen MR) is 57.8 cm³/mol. The summed E-state index contributed by atoms with van der Waals surface area (Å²) in [5.74, 6) is 0.687. The number of thiophene rings is 1. The third-order valence-electron chi connectivity index (χ3n) is 1.81. The van der Waals surface area contributed by atoms with Gasteiger partial charge in [0, 0.05) is 4.70 Å². The molecule has 0 unspecified atom stereocenters. The molecule has 13 heavy (non-hydrogen) atoms. The van der Waals surface area contributed by atoms with Gasteiger partial charge in [0.1, 0.15) is 5.75 Å². The number of methoxy groups -OCH3 is 1. The van der Waals surface area contributed by atoms with Crippen molar-refractivity contribution in [3.05, 3.63) is 23.2 Å². The van der Waals surface area contributed by atoms with Crippen LogP contribution in [0.1, 0.15) is 0 Å². The Labute approximate surface area is 84.9 Å². The quantitative estimate of drug-likeness (QED) is 0.790. The molecule has 0 spiro atoms. The lowest BCUT2D eigenvalue weighted by Gasteiger charge is -2.01. The van der Waals surface area contributed by atoms with E-state index < -0.39 is 0 Å². The maximum atomic E-state index is 5.95. The van der Waals surface area contributed by atoms with Crippen molar-refractivity contribution < 1.29 is 4.74 Å². The Hall–Kier alpha value is -0.930. The van der Waals surface area contributed by atoms with Crippen LogP contribution < -0.4 is 10.5 Å². The number of fused-ring (bicyclic) bond motifs is 1. The van der Waals surface area contributed by atoms with Crippen LogP contribution in [0.5, 0.6) is 5.75 Å². The van der Waals surface area contributed by atoms with Gasteiger partial charge in [-0.3, -0.25) is 0 Å². The van der Waals surface area contributed by atoms with Crippen LogP contribution in [0.15, 0.2) is 18.2 Å². The Kier molecular flexibility index (Phi) is 2.06. The van der Waals surface area contributed by atoms with Crippen molar-refractivity contribution >= 4 is 38.0 Å². The van der Waals surface area contributed by atoms with Gasteiger partial charge < -0.3 is 10.5 Å². The molecular weight excluding hydrogens is 206 g/mol. The lowest BCUT2D eigenvalue weighted by Crippen LogP contribution is -1.82. The maximum Gasteiger partial charge on any atom is 0.138 e. The highest BCUT2D eigenvalue weighted by molar-refractivity contribution is 7.22. The molecule has 2 N–H and O–H groups in total. The molecule has 0 radical (unpaired) electrons. The topological polar surface area (TPSA) is 35.2 Å².